The van der Waals surface area contributed by atoms with Crippen LogP contribution in [0.5, 0.6) is 11.5 Å². The van der Waals surface area contributed by atoms with Gasteiger partial charge in [-0.3, -0.25) is 9.59 Å². The number of thioether (sulfide) groups is 1. The van der Waals surface area contributed by atoms with E-state index < -0.39 is 5.92 Å². The Balaban J connectivity index is 2.00. The highest BCUT2D eigenvalue weighted by Gasteiger charge is 2.39. The van der Waals surface area contributed by atoms with Crippen LogP contribution in [0.1, 0.15) is 36.3 Å². The van der Waals surface area contributed by atoms with Crippen LogP contribution in [0.25, 0.3) is 0 Å². The zero-order chi connectivity index (χ0) is 19.8. The molecular formula is C20H21N3O4S. The number of hydrogen-bond donors (Lipinski definition) is 2. The van der Waals surface area contributed by atoms with Crippen LogP contribution < -0.4 is 20.3 Å². The van der Waals surface area contributed by atoms with Crippen LogP contribution in [0.2, 0.25) is 0 Å². The van der Waals surface area contributed by atoms with Crippen LogP contribution in [-0.2, 0) is 4.79 Å². The Kier molecular flexibility index (Phi) is 4.89. The Morgan fingerprint density at radius 1 is 1.18 bits per heavy atom. The molecule has 0 bridgehead atoms. The van der Waals surface area contributed by atoms with Crippen molar-refractivity contribution in [2.75, 3.05) is 25.8 Å². The Morgan fingerprint density at radius 2 is 2.00 bits per heavy atom. The summed E-state index contributed by atoms with van der Waals surface area (Å²) in [6, 6.07) is 5.43. The summed E-state index contributed by atoms with van der Waals surface area (Å²) < 4.78 is 10.9. The lowest BCUT2D eigenvalue weighted by molar-refractivity contribution is -0.116. The van der Waals surface area contributed by atoms with Gasteiger partial charge in [0.05, 0.1) is 25.7 Å². The molecule has 7 nitrogen and oxygen atoms in total. The highest BCUT2D eigenvalue weighted by Crippen LogP contribution is 2.46. The highest BCUT2D eigenvalue weighted by atomic mass is 32.2. The van der Waals surface area contributed by atoms with E-state index in [1.54, 1.807) is 20.3 Å². The molecule has 28 heavy (non-hydrogen) atoms. The molecule has 2 heterocycles. The minimum absolute atomic E-state index is 0.0515. The number of nitrogens with one attached hydrogen (secondary N) is 2. The van der Waals surface area contributed by atoms with Crippen LogP contribution in [0.3, 0.4) is 0 Å². The number of H-pyrrole nitrogens is 1. The van der Waals surface area contributed by atoms with Crippen LogP contribution in [-0.4, -0.2) is 36.2 Å². The zero-order valence-corrected chi connectivity index (χ0v) is 16.7. The molecular weight excluding hydrogens is 378 g/mol. The quantitative estimate of drug-likeness (QED) is 0.603. The third-order valence-electron chi connectivity index (χ3n) is 5.18. The molecule has 1 atom stereocenters. The van der Waals surface area contributed by atoms with Crippen LogP contribution in [0.15, 0.2) is 39.4 Å². The monoisotopic (exact) mass is 399 g/mol. The Hall–Kier alpha value is -2.74. The molecule has 1 unspecified atom stereocenters. The molecule has 2 aromatic rings. The topological polar surface area (TPSA) is 93.3 Å². The van der Waals surface area contributed by atoms with Gasteiger partial charge in [0.15, 0.2) is 10.9 Å². The summed E-state index contributed by atoms with van der Waals surface area (Å²) in [5.74, 6) is 1.23. The number of nitrogens with zero attached hydrogens (tertiary/aromatic N) is 1. The van der Waals surface area contributed by atoms with Crippen LogP contribution in [0.4, 0.5) is 5.82 Å². The molecule has 1 aliphatic heterocycles. The van der Waals surface area contributed by atoms with Crippen molar-refractivity contribution in [2.24, 2.45) is 0 Å². The maximum atomic E-state index is 13.0. The maximum Gasteiger partial charge on any atom is 0.257 e. The number of rotatable bonds is 4. The van der Waals surface area contributed by atoms with Crippen LogP contribution >= 0.6 is 11.8 Å². The molecule has 0 spiro atoms. The van der Waals surface area contributed by atoms with Gasteiger partial charge in [-0.25, -0.2) is 4.98 Å². The number of benzene rings is 1. The van der Waals surface area contributed by atoms with Crippen molar-refractivity contribution in [3.63, 3.8) is 0 Å². The number of aromatic nitrogens is 2. The molecule has 0 amide bonds. The van der Waals surface area contributed by atoms with Crippen molar-refractivity contribution < 1.29 is 14.3 Å². The number of allylic oxidation sites excluding steroid dienone is 2. The van der Waals surface area contributed by atoms with Gasteiger partial charge in [0.1, 0.15) is 17.3 Å². The lowest BCUT2D eigenvalue weighted by atomic mass is 9.76. The second-order valence-electron chi connectivity index (χ2n) is 6.67. The van der Waals surface area contributed by atoms with Crippen molar-refractivity contribution in [2.45, 2.75) is 30.3 Å². The second kappa shape index (κ2) is 7.35. The van der Waals surface area contributed by atoms with Crippen molar-refractivity contribution in [3.8, 4) is 11.5 Å². The lowest BCUT2D eigenvalue weighted by Crippen LogP contribution is -2.32. The summed E-state index contributed by atoms with van der Waals surface area (Å²) in [5.41, 5.74) is 2.41. The number of Topliss-reactive ketones (excluding diaryl/α,β-unsaturated/α-hetero) is 1. The smallest absolute Gasteiger partial charge is 0.257 e. The fourth-order valence-corrected chi connectivity index (χ4v) is 4.28. The maximum absolute atomic E-state index is 13.0. The Labute approximate surface area is 166 Å². The molecule has 2 aliphatic rings. The summed E-state index contributed by atoms with van der Waals surface area (Å²) in [7, 11) is 3.15. The standard InChI is InChI=1S/C20H21N3O4S/c1-26-10-7-8-11(14(9-10)27-2)15-16-12(5-4-6-13(16)24)21-18-17(15)19(25)23-20(22-18)28-3/h7-9,15H,4-6H2,1-3H3,(H2,21,22,23,25). The summed E-state index contributed by atoms with van der Waals surface area (Å²) in [6.07, 6.45) is 3.86. The second-order valence-corrected chi connectivity index (χ2v) is 7.47. The molecule has 0 saturated heterocycles. The first-order chi connectivity index (χ1) is 13.6. The fraction of sp³-hybridized carbons (Fsp3) is 0.350. The lowest BCUT2D eigenvalue weighted by Gasteiger charge is -2.33. The molecule has 1 aromatic heterocycles. The number of carbonyl (C=O) groups is 1. The number of methoxy groups -OCH3 is 2. The predicted molar refractivity (Wildman–Crippen MR) is 108 cm³/mol. The number of ketones is 1. The summed E-state index contributed by atoms with van der Waals surface area (Å²) in [6.45, 7) is 0. The first-order valence-corrected chi connectivity index (χ1v) is 10.2. The van der Waals surface area contributed by atoms with E-state index in [1.807, 2.05) is 18.4 Å². The van der Waals surface area contributed by atoms with E-state index in [0.29, 0.717) is 40.0 Å². The summed E-state index contributed by atoms with van der Waals surface area (Å²) >= 11 is 1.36. The van der Waals surface area contributed by atoms with Gasteiger partial charge in [-0.15, -0.1) is 0 Å². The first-order valence-electron chi connectivity index (χ1n) is 9.00. The molecule has 1 aliphatic carbocycles. The number of ether oxygens (including phenoxy) is 2. The SMILES string of the molecule is COc1ccc(C2C3=C(CCCC3=O)Nc3nc(SC)[nH]c(=O)c32)c(OC)c1. The van der Waals surface area contributed by atoms with E-state index >= 15 is 0 Å². The van der Waals surface area contributed by atoms with E-state index in [0.717, 1.165) is 24.1 Å². The van der Waals surface area contributed by atoms with Gasteiger partial charge in [0.25, 0.3) is 5.56 Å². The average Bonchev–Trinajstić information content (AvgIpc) is 2.71. The van der Waals surface area contributed by atoms with Crippen molar-refractivity contribution in [1.82, 2.24) is 9.97 Å². The van der Waals surface area contributed by atoms with Gasteiger partial charge in [-0.1, -0.05) is 17.8 Å². The number of anilines is 1. The minimum atomic E-state index is -0.535. The predicted octanol–water partition coefficient (Wildman–Crippen LogP) is 3.07. The van der Waals surface area contributed by atoms with Gasteiger partial charge in [0.2, 0.25) is 0 Å². The molecule has 0 fully saturated rings. The molecule has 0 saturated carbocycles. The molecule has 146 valence electrons. The van der Waals surface area contributed by atoms with E-state index in [1.165, 1.54) is 11.8 Å². The van der Waals surface area contributed by atoms with Gasteiger partial charge in [-0.05, 0) is 25.2 Å². The van der Waals surface area contributed by atoms with Crippen molar-refractivity contribution >= 4 is 23.4 Å². The Morgan fingerprint density at radius 3 is 2.71 bits per heavy atom. The molecule has 0 radical (unpaired) electrons. The largest absolute Gasteiger partial charge is 0.497 e. The Bertz CT molecular complexity index is 1040. The molecule has 8 heteroatoms. The van der Waals surface area contributed by atoms with Crippen molar-refractivity contribution in [3.05, 3.63) is 50.9 Å². The fourth-order valence-electron chi connectivity index (χ4n) is 3.91. The van der Waals surface area contributed by atoms with E-state index in [2.05, 4.69) is 15.3 Å². The third-order valence-corrected chi connectivity index (χ3v) is 5.76. The minimum Gasteiger partial charge on any atom is -0.497 e. The molecule has 1 aromatic carbocycles. The van der Waals surface area contributed by atoms with E-state index in [-0.39, 0.29) is 11.3 Å². The first kappa shape index (κ1) is 18.6. The molecule has 4 rings (SSSR count). The van der Waals surface area contributed by atoms with Gasteiger partial charge < -0.3 is 19.8 Å². The van der Waals surface area contributed by atoms with Gasteiger partial charge in [-0.2, -0.15) is 0 Å². The third kappa shape index (κ3) is 2.97. The molecule has 2 N–H and O–H groups in total. The van der Waals surface area contributed by atoms with E-state index in [4.69, 9.17) is 9.47 Å². The number of carbonyl (C=O) groups excluding carboxylic acids is 1. The number of aromatic amines is 1. The number of fused-ring (bicyclic) bond motifs is 1. The summed E-state index contributed by atoms with van der Waals surface area (Å²) in [4.78, 5) is 33.2. The van der Waals surface area contributed by atoms with Gasteiger partial charge >= 0.3 is 0 Å². The van der Waals surface area contributed by atoms with Crippen LogP contribution in [0, 0.1) is 0 Å². The zero-order valence-electron chi connectivity index (χ0n) is 15.9. The normalized spacial score (nSPS) is 18.2. The summed E-state index contributed by atoms with van der Waals surface area (Å²) in [5, 5.41) is 3.78. The van der Waals surface area contributed by atoms with E-state index in [9.17, 15) is 9.59 Å². The number of hydrogen-bond acceptors (Lipinski definition) is 7. The van der Waals surface area contributed by atoms with Crippen molar-refractivity contribution in [1.29, 1.82) is 0 Å². The average molecular weight is 399 g/mol. The highest BCUT2D eigenvalue weighted by molar-refractivity contribution is 7.98. The van der Waals surface area contributed by atoms with Gasteiger partial charge in [0, 0.05) is 29.3 Å².